The highest BCUT2D eigenvalue weighted by Crippen LogP contribution is 2.10. The summed E-state index contributed by atoms with van der Waals surface area (Å²) < 4.78 is 10.3. The van der Waals surface area contributed by atoms with Crippen LogP contribution in [-0.2, 0) is 9.53 Å². The summed E-state index contributed by atoms with van der Waals surface area (Å²) in [7, 11) is 1.42. The summed E-state index contributed by atoms with van der Waals surface area (Å²) in [4.78, 5) is 15.6. The van der Waals surface area contributed by atoms with Gasteiger partial charge in [-0.3, -0.25) is 9.79 Å². The van der Waals surface area contributed by atoms with Crippen LogP contribution in [0.3, 0.4) is 0 Å². The Morgan fingerprint density at radius 1 is 1.12 bits per heavy atom. The van der Waals surface area contributed by atoms with Gasteiger partial charge in [-0.1, -0.05) is 24.1 Å². The maximum absolute atomic E-state index is 11.0. The second-order valence-electron chi connectivity index (χ2n) is 5.74. The third-order valence-corrected chi connectivity index (χ3v) is 3.57. The molecule has 0 spiro atoms. The summed E-state index contributed by atoms with van der Waals surface area (Å²) in [6.45, 7) is 6.90. The Kier molecular flexibility index (Phi) is 10.9. The number of methoxy groups -OCH3 is 1. The molecule has 6 heteroatoms. The molecule has 0 aliphatic carbocycles. The van der Waals surface area contributed by atoms with Gasteiger partial charge in [-0.2, -0.15) is 0 Å². The van der Waals surface area contributed by atoms with E-state index >= 15 is 0 Å². The number of nitrogens with one attached hydrogen (secondary N) is 2. The molecule has 0 radical (unpaired) electrons. The Labute approximate surface area is 151 Å². The number of carbonyl (C=O) groups is 1. The van der Waals surface area contributed by atoms with Crippen molar-refractivity contribution < 1.29 is 14.3 Å². The molecule has 0 heterocycles. The van der Waals surface area contributed by atoms with Gasteiger partial charge >= 0.3 is 5.97 Å². The average molecular weight is 349 g/mol. The molecule has 0 saturated carbocycles. The van der Waals surface area contributed by atoms with Crippen LogP contribution in [0, 0.1) is 6.92 Å². The highest BCUT2D eigenvalue weighted by molar-refractivity contribution is 5.79. The number of aliphatic imine (C=N–C) groups is 1. The van der Waals surface area contributed by atoms with Crippen molar-refractivity contribution in [1.29, 1.82) is 0 Å². The van der Waals surface area contributed by atoms with Gasteiger partial charge < -0.3 is 20.1 Å². The lowest BCUT2D eigenvalue weighted by Crippen LogP contribution is -2.39. The van der Waals surface area contributed by atoms with E-state index in [1.807, 2.05) is 31.2 Å². The van der Waals surface area contributed by atoms with E-state index in [1.165, 1.54) is 12.7 Å². The Balaban J connectivity index is 2.19. The smallest absolute Gasteiger partial charge is 0.305 e. The number of rotatable bonds is 11. The minimum absolute atomic E-state index is 0.146. The van der Waals surface area contributed by atoms with Crippen molar-refractivity contribution in [3.05, 3.63) is 29.8 Å². The van der Waals surface area contributed by atoms with E-state index in [0.29, 0.717) is 19.6 Å². The van der Waals surface area contributed by atoms with E-state index < -0.39 is 0 Å². The fourth-order valence-electron chi connectivity index (χ4n) is 2.17. The van der Waals surface area contributed by atoms with Crippen LogP contribution in [0.2, 0.25) is 0 Å². The molecular weight excluding hydrogens is 318 g/mol. The first kappa shape index (κ1) is 20.8. The normalized spacial score (nSPS) is 11.1. The van der Waals surface area contributed by atoms with Gasteiger partial charge in [-0.15, -0.1) is 0 Å². The number of ether oxygens (including phenoxy) is 2. The highest BCUT2D eigenvalue weighted by atomic mass is 16.5. The monoisotopic (exact) mass is 349 g/mol. The van der Waals surface area contributed by atoms with Gasteiger partial charge in [0.05, 0.1) is 13.7 Å². The minimum atomic E-state index is -0.146. The standard InChI is InChI=1S/C19H31N3O3/c1-4-20-19(21-13-7-5-6-8-18(23)24-3)22-14-15-25-17-11-9-16(2)10-12-17/h9-12H,4-8,13-15H2,1-3H3,(H2,20,21,22). The summed E-state index contributed by atoms with van der Waals surface area (Å²) in [5.41, 5.74) is 1.22. The Bertz CT molecular complexity index is 515. The van der Waals surface area contributed by atoms with Gasteiger partial charge in [0.1, 0.15) is 12.4 Å². The van der Waals surface area contributed by atoms with Crippen molar-refractivity contribution in [1.82, 2.24) is 10.6 Å². The second kappa shape index (κ2) is 13.1. The molecule has 0 aliphatic heterocycles. The van der Waals surface area contributed by atoms with Gasteiger partial charge in [-0.25, -0.2) is 0 Å². The first-order chi connectivity index (χ1) is 12.2. The van der Waals surface area contributed by atoms with Crippen LogP contribution in [0.15, 0.2) is 29.3 Å². The van der Waals surface area contributed by atoms with Crippen LogP contribution >= 0.6 is 0 Å². The lowest BCUT2D eigenvalue weighted by atomic mass is 10.2. The molecule has 0 aliphatic rings. The third kappa shape index (κ3) is 10.3. The fourth-order valence-corrected chi connectivity index (χ4v) is 2.17. The van der Waals surface area contributed by atoms with Crippen LogP contribution in [0.1, 0.15) is 38.2 Å². The van der Waals surface area contributed by atoms with Crippen molar-refractivity contribution in [2.45, 2.75) is 39.5 Å². The van der Waals surface area contributed by atoms with Crippen molar-refractivity contribution in [3.63, 3.8) is 0 Å². The second-order valence-corrected chi connectivity index (χ2v) is 5.74. The molecular formula is C19H31N3O3. The first-order valence-electron chi connectivity index (χ1n) is 8.94. The van der Waals surface area contributed by atoms with Crippen LogP contribution in [-0.4, -0.2) is 45.3 Å². The molecule has 25 heavy (non-hydrogen) atoms. The first-order valence-corrected chi connectivity index (χ1v) is 8.94. The zero-order valence-corrected chi connectivity index (χ0v) is 15.6. The van der Waals surface area contributed by atoms with Crippen LogP contribution in [0.5, 0.6) is 5.75 Å². The highest BCUT2D eigenvalue weighted by Gasteiger charge is 2.00. The van der Waals surface area contributed by atoms with Gasteiger partial charge in [0.25, 0.3) is 0 Å². The molecule has 0 atom stereocenters. The van der Waals surface area contributed by atoms with Crippen molar-refractivity contribution in [2.75, 3.05) is 33.4 Å². The topological polar surface area (TPSA) is 72.0 Å². The molecule has 0 bridgehead atoms. The predicted octanol–water partition coefficient (Wildman–Crippen LogP) is 2.66. The predicted molar refractivity (Wildman–Crippen MR) is 101 cm³/mol. The maximum Gasteiger partial charge on any atom is 0.305 e. The summed E-state index contributed by atoms with van der Waals surface area (Å²) in [6.07, 6.45) is 3.24. The Morgan fingerprint density at radius 3 is 2.56 bits per heavy atom. The zero-order valence-electron chi connectivity index (χ0n) is 15.6. The van der Waals surface area contributed by atoms with Crippen molar-refractivity contribution >= 4 is 11.9 Å². The molecule has 0 unspecified atom stereocenters. The molecule has 0 fully saturated rings. The Hall–Kier alpha value is -2.24. The quantitative estimate of drug-likeness (QED) is 0.278. The van der Waals surface area contributed by atoms with E-state index in [0.717, 1.165) is 44.1 Å². The lowest BCUT2D eigenvalue weighted by Gasteiger charge is -2.12. The summed E-state index contributed by atoms with van der Waals surface area (Å²) in [6, 6.07) is 8.02. The molecule has 0 saturated heterocycles. The van der Waals surface area contributed by atoms with Gasteiger partial charge in [0.2, 0.25) is 0 Å². The molecule has 2 N–H and O–H groups in total. The van der Waals surface area contributed by atoms with Crippen LogP contribution < -0.4 is 15.4 Å². The van der Waals surface area contributed by atoms with Gasteiger partial charge in [0, 0.05) is 19.5 Å². The number of unbranched alkanes of at least 4 members (excludes halogenated alkanes) is 2. The molecule has 1 aromatic carbocycles. The number of hydrogen-bond donors (Lipinski definition) is 2. The number of esters is 1. The summed E-state index contributed by atoms with van der Waals surface area (Å²) in [5, 5.41) is 6.48. The number of guanidine groups is 1. The molecule has 0 aromatic heterocycles. The minimum Gasteiger partial charge on any atom is -0.492 e. The fraction of sp³-hybridized carbons (Fsp3) is 0.579. The number of nitrogens with zero attached hydrogens (tertiary/aromatic N) is 1. The average Bonchev–Trinajstić information content (AvgIpc) is 2.62. The lowest BCUT2D eigenvalue weighted by molar-refractivity contribution is -0.140. The molecule has 140 valence electrons. The molecule has 6 nitrogen and oxygen atoms in total. The van der Waals surface area contributed by atoms with E-state index in [-0.39, 0.29) is 5.97 Å². The largest absolute Gasteiger partial charge is 0.492 e. The number of carbonyl (C=O) groups excluding carboxylic acids is 1. The summed E-state index contributed by atoms with van der Waals surface area (Å²) >= 11 is 0. The molecule has 1 rings (SSSR count). The van der Waals surface area contributed by atoms with Crippen LogP contribution in [0.25, 0.3) is 0 Å². The molecule has 0 amide bonds. The Morgan fingerprint density at radius 2 is 1.88 bits per heavy atom. The molecule has 1 aromatic rings. The third-order valence-electron chi connectivity index (χ3n) is 3.57. The number of hydrogen-bond acceptors (Lipinski definition) is 4. The zero-order chi connectivity index (χ0) is 18.3. The van der Waals surface area contributed by atoms with E-state index in [9.17, 15) is 4.79 Å². The van der Waals surface area contributed by atoms with Gasteiger partial charge in [-0.05, 0) is 38.8 Å². The van der Waals surface area contributed by atoms with Crippen molar-refractivity contribution in [3.8, 4) is 5.75 Å². The maximum atomic E-state index is 11.0. The van der Waals surface area contributed by atoms with Crippen LogP contribution in [0.4, 0.5) is 0 Å². The van der Waals surface area contributed by atoms with E-state index in [1.54, 1.807) is 0 Å². The van der Waals surface area contributed by atoms with E-state index in [2.05, 4.69) is 27.3 Å². The van der Waals surface area contributed by atoms with Crippen molar-refractivity contribution in [2.24, 2.45) is 4.99 Å². The summed E-state index contributed by atoms with van der Waals surface area (Å²) in [5.74, 6) is 1.52. The van der Waals surface area contributed by atoms with E-state index in [4.69, 9.17) is 4.74 Å². The van der Waals surface area contributed by atoms with Gasteiger partial charge in [0.15, 0.2) is 5.96 Å². The number of benzene rings is 1. The SMILES string of the molecule is CCNC(=NCCCCCC(=O)OC)NCCOc1ccc(C)cc1. The number of aryl methyl sites for hydroxylation is 1.